The fourth-order valence-electron chi connectivity index (χ4n) is 3.29. The zero-order chi connectivity index (χ0) is 16.3. The number of nitrogens with two attached hydrogens (primary N) is 1. The highest BCUT2D eigenvalue weighted by Gasteiger charge is 2.37. The Morgan fingerprint density at radius 2 is 1.92 bits per heavy atom. The first-order valence-electron chi connectivity index (χ1n) is 8.17. The van der Waals surface area contributed by atoms with Crippen LogP contribution in [0, 0.1) is 5.92 Å². The van der Waals surface area contributed by atoms with E-state index in [2.05, 4.69) is 10.3 Å². The SMILES string of the molecule is CC1(N)CCCCC1C(=O)Nc1ccnc(-c2ccccc2)c1.Cl.Cl. The van der Waals surface area contributed by atoms with Gasteiger partial charge in [0.2, 0.25) is 5.91 Å². The van der Waals surface area contributed by atoms with Crippen molar-refractivity contribution in [3.63, 3.8) is 0 Å². The second kappa shape index (κ2) is 9.18. The molecule has 136 valence electrons. The van der Waals surface area contributed by atoms with Crippen molar-refractivity contribution in [1.29, 1.82) is 0 Å². The first-order chi connectivity index (χ1) is 11.1. The summed E-state index contributed by atoms with van der Waals surface area (Å²) in [5.41, 5.74) is 8.56. The lowest BCUT2D eigenvalue weighted by molar-refractivity contribution is -0.122. The summed E-state index contributed by atoms with van der Waals surface area (Å²) in [4.78, 5) is 17.0. The summed E-state index contributed by atoms with van der Waals surface area (Å²) in [6.45, 7) is 1.98. The van der Waals surface area contributed by atoms with Gasteiger partial charge in [-0.15, -0.1) is 24.8 Å². The van der Waals surface area contributed by atoms with Gasteiger partial charge in [-0.05, 0) is 31.9 Å². The van der Waals surface area contributed by atoms with Crippen LogP contribution >= 0.6 is 24.8 Å². The molecule has 1 amide bonds. The van der Waals surface area contributed by atoms with Crippen LogP contribution in [0.3, 0.4) is 0 Å². The molecular formula is C19H25Cl2N3O. The van der Waals surface area contributed by atoms with Gasteiger partial charge in [-0.3, -0.25) is 9.78 Å². The second-order valence-corrected chi connectivity index (χ2v) is 6.59. The molecule has 0 saturated heterocycles. The average Bonchev–Trinajstić information content (AvgIpc) is 2.55. The number of nitrogens with zero attached hydrogens (tertiary/aromatic N) is 1. The molecule has 1 aromatic carbocycles. The van der Waals surface area contributed by atoms with E-state index in [1.54, 1.807) is 6.20 Å². The van der Waals surface area contributed by atoms with Gasteiger partial charge in [0.25, 0.3) is 0 Å². The fraction of sp³-hybridized carbons (Fsp3) is 0.368. The molecule has 4 nitrogen and oxygen atoms in total. The van der Waals surface area contributed by atoms with Crippen LogP contribution < -0.4 is 11.1 Å². The lowest BCUT2D eigenvalue weighted by Crippen LogP contribution is -2.51. The number of carbonyl (C=O) groups excluding carboxylic acids is 1. The summed E-state index contributed by atoms with van der Waals surface area (Å²) in [7, 11) is 0. The number of nitrogens with one attached hydrogen (secondary N) is 1. The van der Waals surface area contributed by atoms with Gasteiger partial charge in [0, 0.05) is 23.0 Å². The highest BCUT2D eigenvalue weighted by molar-refractivity contribution is 5.94. The number of amides is 1. The van der Waals surface area contributed by atoms with Crippen molar-refractivity contribution >= 4 is 36.4 Å². The zero-order valence-corrected chi connectivity index (χ0v) is 15.9. The van der Waals surface area contributed by atoms with E-state index in [-0.39, 0.29) is 36.6 Å². The first kappa shape index (κ1) is 21.4. The quantitative estimate of drug-likeness (QED) is 0.825. The molecule has 0 bridgehead atoms. The highest BCUT2D eigenvalue weighted by atomic mass is 35.5. The zero-order valence-electron chi connectivity index (χ0n) is 14.3. The predicted octanol–water partition coefficient (Wildman–Crippen LogP) is 4.44. The Morgan fingerprint density at radius 1 is 1.20 bits per heavy atom. The minimum Gasteiger partial charge on any atom is -0.326 e. The normalized spacial score (nSPS) is 22.2. The van der Waals surface area contributed by atoms with Crippen LogP contribution in [0.2, 0.25) is 0 Å². The van der Waals surface area contributed by atoms with Crippen LogP contribution in [-0.4, -0.2) is 16.4 Å². The Labute approximate surface area is 161 Å². The Morgan fingerprint density at radius 3 is 2.60 bits per heavy atom. The number of pyridine rings is 1. The Kier molecular flexibility index (Phi) is 7.87. The third-order valence-electron chi connectivity index (χ3n) is 4.67. The lowest BCUT2D eigenvalue weighted by atomic mass is 9.74. The molecule has 6 heteroatoms. The summed E-state index contributed by atoms with van der Waals surface area (Å²) in [6.07, 6.45) is 5.65. The molecule has 1 heterocycles. The molecule has 1 fully saturated rings. The van der Waals surface area contributed by atoms with Gasteiger partial charge in [0.05, 0.1) is 11.6 Å². The van der Waals surface area contributed by atoms with E-state index in [0.717, 1.165) is 42.6 Å². The number of halogens is 2. The number of hydrogen-bond acceptors (Lipinski definition) is 3. The van der Waals surface area contributed by atoms with E-state index in [4.69, 9.17) is 5.73 Å². The van der Waals surface area contributed by atoms with Gasteiger partial charge in [-0.2, -0.15) is 0 Å². The van der Waals surface area contributed by atoms with Crippen molar-refractivity contribution in [3.05, 3.63) is 48.7 Å². The maximum atomic E-state index is 12.6. The van der Waals surface area contributed by atoms with Crippen molar-refractivity contribution in [2.45, 2.75) is 38.1 Å². The van der Waals surface area contributed by atoms with Gasteiger partial charge in [-0.25, -0.2) is 0 Å². The van der Waals surface area contributed by atoms with E-state index in [9.17, 15) is 4.79 Å². The van der Waals surface area contributed by atoms with Crippen LogP contribution in [0.1, 0.15) is 32.6 Å². The molecule has 0 spiro atoms. The number of anilines is 1. The molecule has 3 rings (SSSR count). The molecular weight excluding hydrogens is 357 g/mol. The molecule has 1 saturated carbocycles. The third-order valence-corrected chi connectivity index (χ3v) is 4.67. The lowest BCUT2D eigenvalue weighted by Gasteiger charge is -2.37. The third kappa shape index (κ3) is 5.18. The maximum absolute atomic E-state index is 12.6. The Balaban J connectivity index is 0.00000156. The number of carbonyl (C=O) groups is 1. The molecule has 2 unspecified atom stereocenters. The summed E-state index contributed by atoms with van der Waals surface area (Å²) in [5, 5.41) is 3.02. The van der Waals surface area contributed by atoms with E-state index in [1.807, 2.05) is 49.4 Å². The molecule has 1 aromatic heterocycles. The summed E-state index contributed by atoms with van der Waals surface area (Å²) < 4.78 is 0. The monoisotopic (exact) mass is 381 g/mol. The molecule has 3 N–H and O–H groups in total. The van der Waals surface area contributed by atoms with Crippen molar-refractivity contribution in [2.75, 3.05) is 5.32 Å². The summed E-state index contributed by atoms with van der Waals surface area (Å²) >= 11 is 0. The second-order valence-electron chi connectivity index (χ2n) is 6.59. The molecule has 0 radical (unpaired) electrons. The first-order valence-corrected chi connectivity index (χ1v) is 8.17. The van der Waals surface area contributed by atoms with Gasteiger partial charge >= 0.3 is 0 Å². The van der Waals surface area contributed by atoms with E-state index >= 15 is 0 Å². The summed E-state index contributed by atoms with van der Waals surface area (Å²) in [5.74, 6) is -0.121. The Bertz CT molecular complexity index is 692. The van der Waals surface area contributed by atoms with Crippen molar-refractivity contribution in [2.24, 2.45) is 11.7 Å². The van der Waals surface area contributed by atoms with Gasteiger partial charge < -0.3 is 11.1 Å². The largest absolute Gasteiger partial charge is 0.326 e. The number of rotatable bonds is 3. The van der Waals surface area contributed by atoms with Gasteiger partial charge in [-0.1, -0.05) is 43.2 Å². The van der Waals surface area contributed by atoms with Crippen LogP contribution in [0.5, 0.6) is 0 Å². The molecule has 2 aromatic rings. The molecule has 2 atom stereocenters. The number of aromatic nitrogens is 1. The van der Waals surface area contributed by atoms with Crippen LogP contribution in [0.25, 0.3) is 11.3 Å². The molecule has 0 aliphatic heterocycles. The van der Waals surface area contributed by atoms with Crippen LogP contribution in [-0.2, 0) is 4.79 Å². The van der Waals surface area contributed by atoms with Crippen molar-refractivity contribution < 1.29 is 4.79 Å². The van der Waals surface area contributed by atoms with E-state index < -0.39 is 5.54 Å². The molecule has 25 heavy (non-hydrogen) atoms. The topological polar surface area (TPSA) is 68.0 Å². The van der Waals surface area contributed by atoms with Crippen molar-refractivity contribution in [1.82, 2.24) is 4.98 Å². The minimum atomic E-state index is -0.419. The number of hydrogen-bond donors (Lipinski definition) is 2. The maximum Gasteiger partial charge on any atom is 0.229 e. The highest BCUT2D eigenvalue weighted by Crippen LogP contribution is 2.32. The van der Waals surface area contributed by atoms with Crippen LogP contribution in [0.15, 0.2) is 48.7 Å². The average molecular weight is 382 g/mol. The van der Waals surface area contributed by atoms with Gasteiger partial charge in [0.15, 0.2) is 0 Å². The van der Waals surface area contributed by atoms with Gasteiger partial charge in [0.1, 0.15) is 0 Å². The smallest absolute Gasteiger partial charge is 0.229 e. The molecule has 1 aliphatic rings. The molecule has 1 aliphatic carbocycles. The summed E-state index contributed by atoms with van der Waals surface area (Å²) in [6, 6.07) is 13.7. The fourth-order valence-corrected chi connectivity index (χ4v) is 3.29. The van der Waals surface area contributed by atoms with E-state index in [1.165, 1.54) is 0 Å². The predicted molar refractivity (Wildman–Crippen MR) is 107 cm³/mol. The minimum absolute atomic E-state index is 0. The standard InChI is InChI=1S/C19H23N3O.2ClH/c1-19(20)11-6-5-9-16(19)18(23)22-15-10-12-21-17(13-15)14-7-3-2-4-8-14;;/h2-4,7-8,10,12-13,16H,5-6,9,11,20H2,1H3,(H,21,22,23);2*1H. The Hall–Kier alpha value is -1.62. The van der Waals surface area contributed by atoms with Crippen molar-refractivity contribution in [3.8, 4) is 11.3 Å². The van der Waals surface area contributed by atoms with E-state index in [0.29, 0.717) is 0 Å². The number of benzene rings is 1. The van der Waals surface area contributed by atoms with Crippen LogP contribution in [0.4, 0.5) is 5.69 Å².